The van der Waals surface area contributed by atoms with Crippen molar-refractivity contribution in [2.75, 3.05) is 19.0 Å². The van der Waals surface area contributed by atoms with Crippen LogP contribution in [0, 0.1) is 0 Å². The average molecular weight is 351 g/mol. The summed E-state index contributed by atoms with van der Waals surface area (Å²) in [5.74, 6) is 0.0426. The van der Waals surface area contributed by atoms with Gasteiger partial charge >= 0.3 is 6.61 Å². The highest BCUT2D eigenvalue weighted by atomic mass is 19.3. The summed E-state index contributed by atoms with van der Waals surface area (Å²) in [5, 5.41) is 2.74. The molecule has 5 nitrogen and oxygen atoms in total. The van der Waals surface area contributed by atoms with E-state index in [9.17, 15) is 13.6 Å². The molecule has 1 amide bonds. The van der Waals surface area contributed by atoms with Crippen molar-refractivity contribution in [2.24, 2.45) is 0 Å². The molecule has 1 N–H and O–H groups in total. The number of alkyl halides is 2. The Morgan fingerprint density at radius 2 is 1.88 bits per heavy atom. The van der Waals surface area contributed by atoms with Crippen molar-refractivity contribution in [2.45, 2.75) is 20.0 Å². The van der Waals surface area contributed by atoms with Crippen molar-refractivity contribution in [1.29, 1.82) is 0 Å². The maximum absolute atomic E-state index is 12.4. The Morgan fingerprint density at radius 1 is 1.12 bits per heavy atom. The van der Waals surface area contributed by atoms with Crippen LogP contribution in [-0.2, 0) is 0 Å². The van der Waals surface area contributed by atoms with E-state index in [1.165, 1.54) is 25.3 Å². The lowest BCUT2D eigenvalue weighted by atomic mass is 10.1. The molecular weight excluding hydrogens is 332 g/mol. The third-order valence-electron chi connectivity index (χ3n) is 3.24. The average Bonchev–Trinajstić information content (AvgIpc) is 2.60. The fourth-order valence-electron chi connectivity index (χ4n) is 2.10. The minimum Gasteiger partial charge on any atom is -0.493 e. The molecule has 0 aliphatic heterocycles. The molecule has 25 heavy (non-hydrogen) atoms. The zero-order valence-electron chi connectivity index (χ0n) is 13.9. The van der Waals surface area contributed by atoms with E-state index in [1.807, 2.05) is 6.92 Å². The molecule has 0 heterocycles. The number of rotatable bonds is 8. The number of amides is 1. The number of carbonyl (C=O) groups excluding carboxylic acids is 1. The Bertz CT molecular complexity index is 722. The van der Waals surface area contributed by atoms with Gasteiger partial charge in [-0.15, -0.1) is 0 Å². The third kappa shape index (κ3) is 5.07. The second-order valence-electron chi connectivity index (χ2n) is 5.04. The SMILES string of the molecule is CCCOc1ccccc1NC(=O)c1ccc(OC(F)F)c(OC)c1. The molecule has 0 fully saturated rings. The second kappa shape index (κ2) is 8.86. The van der Waals surface area contributed by atoms with Crippen molar-refractivity contribution in [3.05, 3.63) is 48.0 Å². The minimum atomic E-state index is -2.98. The number of nitrogens with one attached hydrogen (secondary N) is 1. The summed E-state index contributed by atoms with van der Waals surface area (Å²) in [6, 6.07) is 11.0. The van der Waals surface area contributed by atoms with Gasteiger partial charge in [-0.25, -0.2) is 0 Å². The van der Waals surface area contributed by atoms with Crippen LogP contribution in [0.4, 0.5) is 14.5 Å². The summed E-state index contributed by atoms with van der Waals surface area (Å²) in [5.41, 5.74) is 0.761. The molecule has 0 aliphatic carbocycles. The first kappa shape index (κ1) is 18.5. The number of ether oxygens (including phenoxy) is 3. The van der Waals surface area contributed by atoms with Crippen LogP contribution in [0.3, 0.4) is 0 Å². The summed E-state index contributed by atoms with van der Waals surface area (Å²) >= 11 is 0. The Hall–Kier alpha value is -2.83. The predicted octanol–water partition coefficient (Wildman–Crippen LogP) is 4.34. The molecule has 134 valence electrons. The molecule has 0 saturated heterocycles. The molecule has 0 atom stereocenters. The molecule has 0 unspecified atom stereocenters. The molecule has 0 bridgehead atoms. The van der Waals surface area contributed by atoms with Crippen LogP contribution in [0.2, 0.25) is 0 Å². The number of para-hydroxylation sites is 2. The van der Waals surface area contributed by atoms with E-state index < -0.39 is 12.5 Å². The van der Waals surface area contributed by atoms with Crippen LogP contribution in [0.25, 0.3) is 0 Å². The van der Waals surface area contributed by atoms with E-state index in [0.717, 1.165) is 6.42 Å². The molecule has 0 saturated carbocycles. The largest absolute Gasteiger partial charge is 0.493 e. The zero-order valence-corrected chi connectivity index (χ0v) is 13.9. The Labute approximate surface area is 144 Å². The molecule has 0 spiro atoms. The van der Waals surface area contributed by atoms with Crippen LogP contribution in [0.5, 0.6) is 17.2 Å². The molecule has 2 aromatic carbocycles. The van der Waals surface area contributed by atoms with Gasteiger partial charge in [0.2, 0.25) is 0 Å². The van der Waals surface area contributed by atoms with E-state index in [1.54, 1.807) is 24.3 Å². The highest BCUT2D eigenvalue weighted by Gasteiger charge is 2.15. The number of halogens is 2. The van der Waals surface area contributed by atoms with Gasteiger partial charge in [-0.1, -0.05) is 19.1 Å². The van der Waals surface area contributed by atoms with Crippen molar-refractivity contribution in [1.82, 2.24) is 0 Å². The van der Waals surface area contributed by atoms with Gasteiger partial charge in [0.1, 0.15) is 5.75 Å². The highest BCUT2D eigenvalue weighted by molar-refractivity contribution is 6.05. The normalized spacial score (nSPS) is 10.4. The molecule has 7 heteroatoms. The number of anilines is 1. The van der Waals surface area contributed by atoms with E-state index in [4.69, 9.17) is 9.47 Å². The van der Waals surface area contributed by atoms with Crippen molar-refractivity contribution >= 4 is 11.6 Å². The first-order valence-electron chi connectivity index (χ1n) is 7.71. The van der Waals surface area contributed by atoms with Gasteiger partial charge in [0.25, 0.3) is 5.91 Å². The summed E-state index contributed by atoms with van der Waals surface area (Å²) in [7, 11) is 1.31. The van der Waals surface area contributed by atoms with Crippen molar-refractivity contribution in [3.8, 4) is 17.2 Å². The van der Waals surface area contributed by atoms with Gasteiger partial charge < -0.3 is 19.5 Å². The molecule has 2 aromatic rings. The first-order chi connectivity index (χ1) is 12.0. The fourth-order valence-corrected chi connectivity index (χ4v) is 2.10. The summed E-state index contributed by atoms with van der Waals surface area (Å²) in [6.45, 7) is -0.465. The number of methoxy groups -OCH3 is 1. The first-order valence-corrected chi connectivity index (χ1v) is 7.71. The van der Waals surface area contributed by atoms with Gasteiger partial charge in [0, 0.05) is 5.56 Å². The van der Waals surface area contributed by atoms with Gasteiger partial charge in [0.15, 0.2) is 11.5 Å². The van der Waals surface area contributed by atoms with Crippen molar-refractivity contribution in [3.63, 3.8) is 0 Å². The number of benzene rings is 2. The lowest BCUT2D eigenvalue weighted by Gasteiger charge is -2.13. The van der Waals surface area contributed by atoms with Gasteiger partial charge in [-0.05, 0) is 36.8 Å². The number of hydrogen-bond acceptors (Lipinski definition) is 4. The summed E-state index contributed by atoms with van der Waals surface area (Å²) in [6.07, 6.45) is 0.838. The van der Waals surface area contributed by atoms with Crippen LogP contribution in [-0.4, -0.2) is 26.2 Å². The lowest BCUT2D eigenvalue weighted by Crippen LogP contribution is -2.13. The topological polar surface area (TPSA) is 56.8 Å². The van der Waals surface area contributed by atoms with Gasteiger partial charge in [0.05, 0.1) is 19.4 Å². The quantitative estimate of drug-likeness (QED) is 0.769. The van der Waals surface area contributed by atoms with Gasteiger partial charge in [-0.2, -0.15) is 8.78 Å². The van der Waals surface area contributed by atoms with E-state index in [2.05, 4.69) is 10.1 Å². The lowest BCUT2D eigenvalue weighted by molar-refractivity contribution is -0.0512. The van der Waals surface area contributed by atoms with Crippen LogP contribution >= 0.6 is 0 Å². The second-order valence-corrected chi connectivity index (χ2v) is 5.04. The van der Waals surface area contributed by atoms with Crippen LogP contribution in [0.15, 0.2) is 42.5 Å². The van der Waals surface area contributed by atoms with E-state index >= 15 is 0 Å². The monoisotopic (exact) mass is 351 g/mol. The van der Waals surface area contributed by atoms with Crippen LogP contribution in [0.1, 0.15) is 23.7 Å². The molecule has 0 radical (unpaired) electrons. The highest BCUT2D eigenvalue weighted by Crippen LogP contribution is 2.30. The molecular formula is C18H19F2NO4. The van der Waals surface area contributed by atoms with Crippen molar-refractivity contribution < 1.29 is 27.8 Å². The fraction of sp³-hybridized carbons (Fsp3) is 0.278. The summed E-state index contributed by atoms with van der Waals surface area (Å²) < 4.78 is 39.6. The number of carbonyl (C=O) groups is 1. The zero-order chi connectivity index (χ0) is 18.2. The molecule has 0 aromatic heterocycles. The van der Waals surface area contributed by atoms with E-state index in [0.29, 0.717) is 18.0 Å². The standard InChI is InChI=1S/C18H19F2NO4/c1-3-10-24-14-7-5-4-6-13(14)21-17(22)12-8-9-15(25-18(19)20)16(11-12)23-2/h4-9,11,18H,3,10H2,1-2H3,(H,21,22). The maximum atomic E-state index is 12.4. The van der Waals surface area contributed by atoms with Gasteiger partial charge in [-0.3, -0.25) is 4.79 Å². The maximum Gasteiger partial charge on any atom is 0.387 e. The molecule has 0 aliphatic rings. The minimum absolute atomic E-state index is 0.0449. The summed E-state index contributed by atoms with van der Waals surface area (Å²) in [4.78, 5) is 12.4. The van der Waals surface area contributed by atoms with E-state index in [-0.39, 0.29) is 17.1 Å². The Kier molecular flexibility index (Phi) is 6.56. The number of hydrogen-bond donors (Lipinski definition) is 1. The molecule has 2 rings (SSSR count). The Morgan fingerprint density at radius 3 is 2.56 bits per heavy atom. The third-order valence-corrected chi connectivity index (χ3v) is 3.24. The van der Waals surface area contributed by atoms with Crippen LogP contribution < -0.4 is 19.5 Å². The Balaban J connectivity index is 2.18. The predicted molar refractivity (Wildman–Crippen MR) is 89.8 cm³/mol. The smallest absolute Gasteiger partial charge is 0.387 e.